The number of hydrogen-bond donors (Lipinski definition) is 2. The Balaban J connectivity index is 3.00. The molecule has 0 saturated carbocycles. The van der Waals surface area contributed by atoms with Gasteiger partial charge in [0.2, 0.25) is 0 Å². The van der Waals surface area contributed by atoms with Gasteiger partial charge in [-0.15, -0.1) is 0 Å². The average molecular weight is 276 g/mol. The Morgan fingerprint density at radius 1 is 1.73 bits per heavy atom. The second-order valence-electron chi connectivity index (χ2n) is 3.62. The molecule has 0 amide bonds. The molecule has 0 radical (unpaired) electrons. The summed E-state index contributed by atoms with van der Waals surface area (Å²) in [5.74, 6) is -0.911. The minimum Gasteiger partial charge on any atom is -0.481 e. The molecule has 1 aromatic rings. The Morgan fingerprint density at radius 2 is 2.33 bits per heavy atom. The van der Waals surface area contributed by atoms with Gasteiger partial charge in [-0.1, -0.05) is 0 Å². The van der Waals surface area contributed by atoms with Crippen LogP contribution in [0.5, 0.6) is 0 Å². The van der Waals surface area contributed by atoms with E-state index in [1.165, 1.54) is 0 Å². The summed E-state index contributed by atoms with van der Waals surface area (Å²) in [4.78, 5) is 10.6. The maximum absolute atomic E-state index is 10.6. The van der Waals surface area contributed by atoms with Gasteiger partial charge in [-0.3, -0.25) is 9.48 Å². The fraction of sp³-hybridized carbons (Fsp3) is 0.556. The molecule has 1 unspecified atom stereocenters. The van der Waals surface area contributed by atoms with Gasteiger partial charge in [0.1, 0.15) is 0 Å². The molecule has 1 atom stereocenters. The summed E-state index contributed by atoms with van der Waals surface area (Å²) in [6, 6.07) is -0.382. The Hall–Kier alpha value is -0.880. The first-order valence-corrected chi connectivity index (χ1v) is 5.43. The number of nitrogens with zero attached hydrogens (tertiary/aromatic N) is 2. The summed E-state index contributed by atoms with van der Waals surface area (Å²) in [6.45, 7) is 3.94. The van der Waals surface area contributed by atoms with Crippen molar-refractivity contribution in [3.63, 3.8) is 0 Å². The summed E-state index contributed by atoms with van der Waals surface area (Å²) >= 11 is 3.32. The van der Waals surface area contributed by atoms with Crippen LogP contribution in [-0.2, 0) is 4.79 Å². The van der Waals surface area contributed by atoms with Crippen molar-refractivity contribution in [2.45, 2.75) is 32.4 Å². The monoisotopic (exact) mass is 275 g/mol. The molecule has 5 nitrogen and oxygen atoms in total. The van der Waals surface area contributed by atoms with E-state index >= 15 is 0 Å². The molecule has 84 valence electrons. The minimum absolute atomic E-state index is 0.100. The van der Waals surface area contributed by atoms with Gasteiger partial charge in [-0.05, 0) is 29.8 Å². The summed E-state index contributed by atoms with van der Waals surface area (Å²) in [7, 11) is 0. The van der Waals surface area contributed by atoms with Gasteiger partial charge in [0.15, 0.2) is 0 Å². The lowest BCUT2D eigenvalue weighted by Crippen LogP contribution is -2.20. The number of nitrogens with two attached hydrogens (primary N) is 1. The number of halogens is 1. The molecule has 0 aliphatic heterocycles. The van der Waals surface area contributed by atoms with Crippen molar-refractivity contribution in [3.05, 3.63) is 16.4 Å². The highest BCUT2D eigenvalue weighted by atomic mass is 79.9. The van der Waals surface area contributed by atoms with Crippen molar-refractivity contribution in [1.82, 2.24) is 9.78 Å². The number of carboxylic acids is 1. The zero-order valence-electron chi connectivity index (χ0n) is 8.64. The molecule has 0 saturated heterocycles. The maximum atomic E-state index is 10.6. The fourth-order valence-corrected chi connectivity index (χ4v) is 1.96. The van der Waals surface area contributed by atoms with Gasteiger partial charge >= 0.3 is 5.97 Å². The number of carbonyl (C=O) groups is 1. The highest BCUT2D eigenvalue weighted by Crippen LogP contribution is 2.26. The minimum atomic E-state index is -0.911. The molecule has 0 aromatic carbocycles. The van der Waals surface area contributed by atoms with Crippen molar-refractivity contribution in [3.8, 4) is 0 Å². The third-order valence-corrected chi connectivity index (χ3v) is 2.63. The molecular weight excluding hydrogens is 262 g/mol. The predicted molar refractivity (Wildman–Crippen MR) is 59.5 cm³/mol. The van der Waals surface area contributed by atoms with Crippen LogP contribution in [0.15, 0.2) is 10.7 Å². The third kappa shape index (κ3) is 2.79. The van der Waals surface area contributed by atoms with Crippen molar-refractivity contribution >= 4 is 21.9 Å². The van der Waals surface area contributed by atoms with Crippen LogP contribution >= 0.6 is 15.9 Å². The zero-order chi connectivity index (χ0) is 11.6. The Bertz CT molecular complexity index is 362. The lowest BCUT2D eigenvalue weighted by atomic mass is 10.1. The Labute approximate surface area is 96.4 Å². The molecule has 0 bridgehead atoms. The summed E-state index contributed by atoms with van der Waals surface area (Å²) < 4.78 is 2.49. The van der Waals surface area contributed by atoms with E-state index in [0.29, 0.717) is 0 Å². The molecule has 3 N–H and O–H groups in total. The van der Waals surface area contributed by atoms with Gasteiger partial charge in [0.25, 0.3) is 0 Å². The second kappa shape index (κ2) is 4.76. The molecule has 0 aliphatic rings. The SMILES string of the molecule is CC(C)n1ncc(Br)c1C(N)CC(=O)O. The lowest BCUT2D eigenvalue weighted by molar-refractivity contribution is -0.137. The lowest BCUT2D eigenvalue weighted by Gasteiger charge is -2.15. The van der Waals surface area contributed by atoms with Crippen molar-refractivity contribution in [2.75, 3.05) is 0 Å². The quantitative estimate of drug-likeness (QED) is 0.877. The van der Waals surface area contributed by atoms with Crippen molar-refractivity contribution < 1.29 is 9.90 Å². The van der Waals surface area contributed by atoms with E-state index in [2.05, 4.69) is 21.0 Å². The highest BCUT2D eigenvalue weighted by Gasteiger charge is 2.20. The molecule has 1 rings (SSSR count). The molecule has 6 heteroatoms. The topological polar surface area (TPSA) is 81.1 Å². The van der Waals surface area contributed by atoms with E-state index in [0.717, 1.165) is 10.2 Å². The normalized spacial score (nSPS) is 13.1. The first-order chi connectivity index (χ1) is 6.93. The van der Waals surface area contributed by atoms with Crippen molar-refractivity contribution in [2.24, 2.45) is 5.73 Å². The largest absolute Gasteiger partial charge is 0.481 e. The standard InChI is InChI=1S/C9H14BrN3O2/c1-5(2)13-9(6(10)4-12-13)7(11)3-8(14)15/h4-5,7H,3,11H2,1-2H3,(H,14,15). The highest BCUT2D eigenvalue weighted by molar-refractivity contribution is 9.10. The Morgan fingerprint density at radius 3 is 2.80 bits per heavy atom. The van der Waals surface area contributed by atoms with Crippen LogP contribution < -0.4 is 5.73 Å². The van der Waals surface area contributed by atoms with E-state index in [1.54, 1.807) is 10.9 Å². The molecule has 1 heterocycles. The second-order valence-corrected chi connectivity index (χ2v) is 4.47. The van der Waals surface area contributed by atoms with Crippen LogP contribution in [0.25, 0.3) is 0 Å². The number of hydrogen-bond acceptors (Lipinski definition) is 3. The van der Waals surface area contributed by atoms with E-state index in [-0.39, 0.29) is 12.5 Å². The van der Waals surface area contributed by atoms with Gasteiger partial charge in [0.05, 0.1) is 28.8 Å². The van der Waals surface area contributed by atoms with Gasteiger partial charge in [-0.2, -0.15) is 5.10 Å². The smallest absolute Gasteiger partial charge is 0.305 e. The van der Waals surface area contributed by atoms with Crippen molar-refractivity contribution in [1.29, 1.82) is 0 Å². The van der Waals surface area contributed by atoms with E-state index < -0.39 is 12.0 Å². The van der Waals surface area contributed by atoms with Gasteiger partial charge in [-0.25, -0.2) is 0 Å². The van der Waals surface area contributed by atoms with Crippen LogP contribution in [0.1, 0.15) is 38.0 Å². The number of aliphatic carboxylic acids is 1. The number of aromatic nitrogens is 2. The van der Waals surface area contributed by atoms with Gasteiger partial charge < -0.3 is 10.8 Å². The molecule has 0 fully saturated rings. The summed E-state index contributed by atoms with van der Waals surface area (Å²) in [5, 5.41) is 12.8. The molecule has 0 spiro atoms. The van der Waals surface area contributed by atoms with E-state index in [1.807, 2.05) is 13.8 Å². The summed E-state index contributed by atoms with van der Waals surface area (Å²) in [5.41, 5.74) is 6.54. The maximum Gasteiger partial charge on any atom is 0.305 e. The predicted octanol–water partition coefficient (Wildman–Crippen LogP) is 1.70. The van der Waals surface area contributed by atoms with E-state index in [4.69, 9.17) is 10.8 Å². The molecule has 1 aromatic heterocycles. The number of carboxylic acid groups (broad SMARTS) is 1. The first-order valence-electron chi connectivity index (χ1n) is 4.63. The molecule has 0 aliphatic carbocycles. The molecular formula is C9H14BrN3O2. The van der Waals surface area contributed by atoms with Crippen LogP contribution in [0.4, 0.5) is 0 Å². The zero-order valence-corrected chi connectivity index (χ0v) is 10.2. The fourth-order valence-electron chi connectivity index (χ4n) is 1.39. The van der Waals surface area contributed by atoms with Crippen LogP contribution in [0.3, 0.4) is 0 Å². The first kappa shape index (κ1) is 12.2. The van der Waals surface area contributed by atoms with Crippen LogP contribution in [-0.4, -0.2) is 20.9 Å². The molecule has 15 heavy (non-hydrogen) atoms. The summed E-state index contributed by atoms with van der Waals surface area (Å²) in [6.07, 6.45) is 1.54. The third-order valence-electron chi connectivity index (χ3n) is 2.02. The van der Waals surface area contributed by atoms with Gasteiger partial charge in [0, 0.05) is 6.04 Å². The van der Waals surface area contributed by atoms with Crippen LogP contribution in [0, 0.1) is 0 Å². The number of rotatable bonds is 4. The average Bonchev–Trinajstić information content (AvgIpc) is 2.45. The van der Waals surface area contributed by atoms with E-state index in [9.17, 15) is 4.79 Å². The Kier molecular flexibility index (Phi) is 3.87. The van der Waals surface area contributed by atoms with Crippen LogP contribution in [0.2, 0.25) is 0 Å².